The van der Waals surface area contributed by atoms with E-state index in [1.54, 1.807) is 17.0 Å². The summed E-state index contributed by atoms with van der Waals surface area (Å²) in [4.78, 5) is 30.1. The van der Waals surface area contributed by atoms with Gasteiger partial charge in [0, 0.05) is 44.3 Å². The van der Waals surface area contributed by atoms with Gasteiger partial charge in [0.25, 0.3) is 0 Å². The van der Waals surface area contributed by atoms with Gasteiger partial charge in [-0.2, -0.15) is 0 Å². The number of aliphatic carboxylic acids is 1. The van der Waals surface area contributed by atoms with Crippen LogP contribution in [0.1, 0.15) is 43.2 Å². The van der Waals surface area contributed by atoms with Crippen molar-refractivity contribution in [2.75, 3.05) is 13.1 Å². The maximum atomic E-state index is 12.0. The van der Waals surface area contributed by atoms with E-state index in [1.165, 1.54) is 0 Å². The highest BCUT2D eigenvalue weighted by atomic mass is 16.7. The number of carbonyl (C=O) groups is 2. The first-order valence-electron chi connectivity index (χ1n) is 8.58. The molecule has 0 aromatic heterocycles. The van der Waals surface area contributed by atoms with Crippen LogP contribution in [0.2, 0.25) is 0 Å². The SMILES string of the molecule is N=C(N)c1ccc(C2=NOC3(CCN(C(=O)CCC(=O)O)CC3)C2)cc1. The Balaban J connectivity index is 1.56. The van der Waals surface area contributed by atoms with E-state index in [-0.39, 0.29) is 24.6 Å². The number of piperidine rings is 1. The van der Waals surface area contributed by atoms with E-state index in [9.17, 15) is 9.59 Å². The zero-order chi connectivity index (χ0) is 18.7. The van der Waals surface area contributed by atoms with Crippen molar-refractivity contribution in [3.63, 3.8) is 0 Å². The van der Waals surface area contributed by atoms with Gasteiger partial charge in [-0.1, -0.05) is 29.4 Å². The molecule has 1 spiro atoms. The van der Waals surface area contributed by atoms with Gasteiger partial charge in [0.05, 0.1) is 12.1 Å². The third kappa shape index (κ3) is 3.84. The zero-order valence-corrected chi connectivity index (χ0v) is 14.4. The Morgan fingerprint density at radius 3 is 2.46 bits per heavy atom. The number of nitrogen functional groups attached to an aromatic ring is 1. The van der Waals surface area contributed by atoms with Gasteiger partial charge in [-0.15, -0.1) is 0 Å². The lowest BCUT2D eigenvalue weighted by Crippen LogP contribution is -2.46. The molecule has 2 aliphatic rings. The Morgan fingerprint density at radius 2 is 1.88 bits per heavy atom. The van der Waals surface area contributed by atoms with E-state index in [0.717, 1.165) is 11.3 Å². The standard InChI is InChI=1S/C18H22N4O4/c19-17(20)13-3-1-12(2-4-13)14-11-18(26-21-14)7-9-22(10-8-18)15(23)5-6-16(24)25/h1-4H,5-11H2,(H3,19,20)(H,24,25). The number of oxime groups is 1. The molecule has 1 aromatic rings. The fraction of sp³-hybridized carbons (Fsp3) is 0.444. The number of hydrogen-bond acceptors (Lipinski definition) is 5. The van der Waals surface area contributed by atoms with Gasteiger partial charge in [-0.3, -0.25) is 15.0 Å². The molecule has 1 amide bonds. The second-order valence-corrected chi connectivity index (χ2v) is 6.75. The monoisotopic (exact) mass is 358 g/mol. The van der Waals surface area contributed by atoms with Crippen molar-refractivity contribution in [1.29, 1.82) is 5.41 Å². The second-order valence-electron chi connectivity index (χ2n) is 6.75. The molecule has 2 aliphatic heterocycles. The van der Waals surface area contributed by atoms with Crippen molar-refractivity contribution in [3.05, 3.63) is 35.4 Å². The highest BCUT2D eigenvalue weighted by molar-refractivity contribution is 6.03. The average molecular weight is 358 g/mol. The Hall–Kier alpha value is -2.90. The highest BCUT2D eigenvalue weighted by Gasteiger charge is 2.43. The first-order chi connectivity index (χ1) is 12.4. The van der Waals surface area contributed by atoms with Crippen LogP contribution in [-0.4, -0.2) is 52.1 Å². The molecule has 1 aromatic carbocycles. The number of hydrogen-bond donors (Lipinski definition) is 3. The molecule has 8 nitrogen and oxygen atoms in total. The van der Waals surface area contributed by atoms with Gasteiger partial charge in [0.2, 0.25) is 5.91 Å². The Labute approximate surface area is 151 Å². The Morgan fingerprint density at radius 1 is 1.23 bits per heavy atom. The largest absolute Gasteiger partial charge is 0.481 e. The van der Waals surface area contributed by atoms with Crippen LogP contribution in [0.15, 0.2) is 29.4 Å². The van der Waals surface area contributed by atoms with Crippen molar-refractivity contribution >= 4 is 23.4 Å². The summed E-state index contributed by atoms with van der Waals surface area (Å²) in [6.45, 7) is 1.09. The Kier molecular flexibility index (Phi) is 4.92. The Bertz CT molecular complexity index is 749. The number of carbonyl (C=O) groups excluding carboxylic acids is 1. The lowest BCUT2D eigenvalue weighted by Gasteiger charge is -2.37. The van der Waals surface area contributed by atoms with E-state index >= 15 is 0 Å². The molecule has 0 atom stereocenters. The predicted octanol–water partition coefficient (Wildman–Crippen LogP) is 1.32. The van der Waals surface area contributed by atoms with Crippen molar-refractivity contribution in [2.24, 2.45) is 10.9 Å². The minimum atomic E-state index is -0.959. The molecule has 1 saturated heterocycles. The summed E-state index contributed by atoms with van der Waals surface area (Å²) >= 11 is 0. The van der Waals surface area contributed by atoms with Gasteiger partial charge in [-0.05, 0) is 5.56 Å². The second kappa shape index (κ2) is 7.15. The number of rotatable bonds is 5. The summed E-state index contributed by atoms with van der Waals surface area (Å²) in [5.41, 5.74) is 7.53. The van der Waals surface area contributed by atoms with Gasteiger partial charge >= 0.3 is 5.97 Å². The molecule has 2 heterocycles. The molecular weight excluding hydrogens is 336 g/mol. The fourth-order valence-electron chi connectivity index (χ4n) is 3.32. The van der Waals surface area contributed by atoms with E-state index in [0.29, 0.717) is 37.9 Å². The van der Waals surface area contributed by atoms with Crippen LogP contribution in [0.4, 0.5) is 0 Å². The average Bonchev–Trinajstić information content (AvgIpc) is 3.04. The lowest BCUT2D eigenvalue weighted by molar-refractivity contribution is -0.143. The van der Waals surface area contributed by atoms with Crippen molar-refractivity contribution in [2.45, 2.75) is 37.7 Å². The van der Waals surface area contributed by atoms with Gasteiger partial charge in [-0.25, -0.2) is 0 Å². The number of carboxylic acids is 1. The molecule has 0 aliphatic carbocycles. The molecule has 8 heteroatoms. The number of nitrogens with two attached hydrogens (primary N) is 1. The summed E-state index contributed by atoms with van der Waals surface area (Å²) < 4.78 is 0. The van der Waals surface area contributed by atoms with Crippen LogP contribution in [0.25, 0.3) is 0 Å². The van der Waals surface area contributed by atoms with E-state index in [4.69, 9.17) is 21.1 Å². The normalized spacial score (nSPS) is 18.3. The van der Waals surface area contributed by atoms with Crippen molar-refractivity contribution in [3.8, 4) is 0 Å². The maximum absolute atomic E-state index is 12.0. The van der Waals surface area contributed by atoms with Gasteiger partial charge < -0.3 is 20.6 Å². The summed E-state index contributed by atoms with van der Waals surface area (Å²) in [5, 5.41) is 20.4. The predicted molar refractivity (Wildman–Crippen MR) is 95.1 cm³/mol. The minimum absolute atomic E-state index is 0.0255. The first-order valence-corrected chi connectivity index (χ1v) is 8.58. The van der Waals surface area contributed by atoms with E-state index in [2.05, 4.69) is 5.16 Å². The molecular formula is C18H22N4O4. The van der Waals surface area contributed by atoms with Crippen LogP contribution in [0.5, 0.6) is 0 Å². The van der Waals surface area contributed by atoms with E-state index < -0.39 is 11.6 Å². The van der Waals surface area contributed by atoms with Crippen LogP contribution in [0.3, 0.4) is 0 Å². The smallest absolute Gasteiger partial charge is 0.303 e. The van der Waals surface area contributed by atoms with Crippen LogP contribution in [0, 0.1) is 5.41 Å². The summed E-state index contributed by atoms with van der Waals surface area (Å²) in [7, 11) is 0. The quantitative estimate of drug-likeness (QED) is 0.540. The van der Waals surface area contributed by atoms with E-state index in [1.807, 2.05) is 12.1 Å². The molecule has 0 unspecified atom stereocenters. The van der Waals surface area contributed by atoms with Crippen LogP contribution >= 0.6 is 0 Å². The summed E-state index contributed by atoms with van der Waals surface area (Å²) in [5.74, 6) is -1.06. The third-order valence-electron chi connectivity index (χ3n) is 4.95. The van der Waals surface area contributed by atoms with Crippen molar-refractivity contribution in [1.82, 2.24) is 4.90 Å². The van der Waals surface area contributed by atoms with Crippen LogP contribution in [-0.2, 0) is 14.4 Å². The van der Waals surface area contributed by atoms with Gasteiger partial charge in [0.15, 0.2) is 0 Å². The highest BCUT2D eigenvalue weighted by Crippen LogP contribution is 2.36. The maximum Gasteiger partial charge on any atom is 0.303 e. The first kappa shape index (κ1) is 17.9. The number of nitrogens with one attached hydrogen (secondary N) is 1. The molecule has 0 saturated carbocycles. The number of nitrogens with zero attached hydrogens (tertiary/aromatic N) is 2. The number of benzene rings is 1. The molecule has 26 heavy (non-hydrogen) atoms. The molecule has 138 valence electrons. The minimum Gasteiger partial charge on any atom is -0.481 e. The summed E-state index contributed by atoms with van der Waals surface area (Å²) in [6, 6.07) is 7.33. The summed E-state index contributed by atoms with van der Waals surface area (Å²) in [6.07, 6.45) is 1.91. The van der Waals surface area contributed by atoms with Crippen molar-refractivity contribution < 1.29 is 19.5 Å². The lowest BCUT2D eigenvalue weighted by atomic mass is 9.85. The number of likely N-dealkylation sites (tertiary alicyclic amines) is 1. The molecule has 4 N–H and O–H groups in total. The number of amides is 1. The van der Waals surface area contributed by atoms with Gasteiger partial charge in [0.1, 0.15) is 11.4 Å². The topological polar surface area (TPSA) is 129 Å². The molecule has 0 bridgehead atoms. The zero-order valence-electron chi connectivity index (χ0n) is 14.4. The number of amidine groups is 1. The van der Waals surface area contributed by atoms with Crippen LogP contribution < -0.4 is 5.73 Å². The third-order valence-corrected chi connectivity index (χ3v) is 4.95. The fourth-order valence-corrected chi connectivity index (χ4v) is 3.32. The number of carboxylic acid groups (broad SMARTS) is 1. The molecule has 3 rings (SSSR count). The molecule has 1 fully saturated rings. The molecule has 0 radical (unpaired) electrons.